The van der Waals surface area contributed by atoms with Gasteiger partial charge in [0.25, 0.3) is 5.91 Å². The zero-order valence-electron chi connectivity index (χ0n) is 16.3. The number of aliphatic imine (C=N–C) groups is 1. The van der Waals surface area contributed by atoms with Crippen molar-refractivity contribution >= 4 is 40.9 Å². The molecular weight excluding hydrogens is 448 g/mol. The van der Waals surface area contributed by atoms with Gasteiger partial charge in [0, 0.05) is 23.2 Å². The molecule has 7 nitrogen and oxygen atoms in total. The minimum Gasteiger partial charge on any atom is -0.379 e. The number of nitriles is 1. The second-order valence-electron chi connectivity index (χ2n) is 7.21. The summed E-state index contributed by atoms with van der Waals surface area (Å²) < 4.78 is 35.8. The van der Waals surface area contributed by atoms with Crippen LogP contribution in [0, 0.1) is 24.1 Å². The first kappa shape index (κ1) is 22.9. The Bertz CT molecular complexity index is 1130. The molecule has 1 aromatic carbocycles. The fraction of sp³-hybridized carbons (Fsp3) is 0.300. The minimum absolute atomic E-state index is 0. The Balaban J connectivity index is 0.00000272. The number of halogens is 3. The third-order valence-electron chi connectivity index (χ3n) is 5.23. The van der Waals surface area contributed by atoms with Crippen molar-refractivity contribution in [2.75, 3.05) is 24.3 Å². The second-order valence-corrected chi connectivity index (χ2v) is 8.20. The molecule has 11 heteroatoms. The van der Waals surface area contributed by atoms with Crippen LogP contribution in [0.1, 0.15) is 27.2 Å². The number of benzene rings is 1. The summed E-state index contributed by atoms with van der Waals surface area (Å²) in [6.07, 6.45) is 1.29. The first-order chi connectivity index (χ1) is 14.3. The Morgan fingerprint density at radius 3 is 2.87 bits per heavy atom. The molecule has 0 spiro atoms. The first-order valence-corrected chi connectivity index (χ1v) is 9.99. The number of hydrogen-bond donors (Lipinski definition) is 2. The van der Waals surface area contributed by atoms with E-state index in [0.29, 0.717) is 11.1 Å². The molecule has 0 bridgehead atoms. The molecule has 1 amide bonds. The Kier molecular flexibility index (Phi) is 6.23. The number of ether oxygens (including phenoxy) is 1. The highest BCUT2D eigenvalue weighted by atomic mass is 35.5. The number of amides is 1. The average Bonchev–Trinajstić information content (AvgIpc) is 3.06. The van der Waals surface area contributed by atoms with E-state index in [1.165, 1.54) is 18.3 Å². The number of nitrogens with zero attached hydrogens (tertiary/aromatic N) is 3. The van der Waals surface area contributed by atoms with Crippen LogP contribution in [0.3, 0.4) is 0 Å². The van der Waals surface area contributed by atoms with Crippen LogP contribution in [0.15, 0.2) is 35.5 Å². The number of amidine groups is 1. The van der Waals surface area contributed by atoms with Gasteiger partial charge in [0.2, 0.25) is 0 Å². The van der Waals surface area contributed by atoms with E-state index in [4.69, 9.17) is 15.7 Å². The molecule has 2 aromatic rings. The van der Waals surface area contributed by atoms with Gasteiger partial charge in [-0.05, 0) is 36.8 Å². The topological polar surface area (TPSA) is 113 Å². The van der Waals surface area contributed by atoms with Crippen LogP contribution in [0.5, 0.6) is 0 Å². The number of alkyl halides is 1. The van der Waals surface area contributed by atoms with E-state index < -0.39 is 22.9 Å². The molecule has 1 fully saturated rings. The summed E-state index contributed by atoms with van der Waals surface area (Å²) in [4.78, 5) is 20.9. The van der Waals surface area contributed by atoms with Gasteiger partial charge in [-0.3, -0.25) is 4.79 Å². The average molecular weight is 466 g/mol. The summed E-state index contributed by atoms with van der Waals surface area (Å²) >= 11 is 1.06. The molecule has 3 heterocycles. The lowest BCUT2D eigenvalue weighted by Crippen LogP contribution is -2.52. The van der Waals surface area contributed by atoms with Crippen molar-refractivity contribution in [3.05, 3.63) is 58.7 Å². The third kappa shape index (κ3) is 3.84. The maximum atomic E-state index is 15.6. The monoisotopic (exact) mass is 465 g/mol. The van der Waals surface area contributed by atoms with Crippen molar-refractivity contribution in [2.45, 2.75) is 18.1 Å². The number of carbonyl (C=O) groups is 1. The van der Waals surface area contributed by atoms with Gasteiger partial charge in [-0.25, -0.2) is 18.8 Å². The van der Waals surface area contributed by atoms with Crippen LogP contribution < -0.4 is 11.1 Å². The Labute approximate surface area is 187 Å². The number of aromatic nitrogens is 1. The minimum atomic E-state index is -1.92. The van der Waals surface area contributed by atoms with Crippen molar-refractivity contribution in [1.29, 1.82) is 5.26 Å². The van der Waals surface area contributed by atoms with Gasteiger partial charge in [-0.1, -0.05) is 11.8 Å². The van der Waals surface area contributed by atoms with Gasteiger partial charge in [0.15, 0.2) is 16.4 Å². The highest BCUT2D eigenvalue weighted by molar-refractivity contribution is 8.13. The van der Waals surface area contributed by atoms with Crippen molar-refractivity contribution in [3.63, 3.8) is 0 Å². The van der Waals surface area contributed by atoms with E-state index in [9.17, 15) is 9.18 Å². The van der Waals surface area contributed by atoms with Gasteiger partial charge in [-0.15, -0.1) is 12.4 Å². The molecule has 3 N–H and O–H groups in total. The maximum Gasteiger partial charge on any atom is 0.274 e. The van der Waals surface area contributed by atoms with Gasteiger partial charge in [0.05, 0.1) is 18.8 Å². The van der Waals surface area contributed by atoms with Crippen LogP contribution in [0.25, 0.3) is 0 Å². The smallest absolute Gasteiger partial charge is 0.274 e. The van der Waals surface area contributed by atoms with Crippen molar-refractivity contribution < 1.29 is 18.3 Å². The fourth-order valence-corrected chi connectivity index (χ4v) is 4.59. The summed E-state index contributed by atoms with van der Waals surface area (Å²) in [5, 5.41) is 11.7. The third-order valence-corrected chi connectivity index (χ3v) is 6.21. The van der Waals surface area contributed by atoms with E-state index in [0.717, 1.165) is 17.8 Å². The summed E-state index contributed by atoms with van der Waals surface area (Å²) in [6.45, 7) is 1.28. The molecule has 162 valence electrons. The maximum absolute atomic E-state index is 15.6. The molecule has 1 aromatic heterocycles. The number of pyridine rings is 1. The number of rotatable bonds is 3. The number of anilines is 1. The van der Waals surface area contributed by atoms with Crippen molar-refractivity contribution in [1.82, 2.24) is 4.98 Å². The van der Waals surface area contributed by atoms with Gasteiger partial charge in [0.1, 0.15) is 17.6 Å². The van der Waals surface area contributed by atoms with E-state index >= 15 is 4.39 Å². The fourth-order valence-electron chi connectivity index (χ4n) is 3.67. The molecule has 0 saturated carbocycles. The highest BCUT2D eigenvalue weighted by Crippen LogP contribution is 2.50. The normalized spacial score (nSPS) is 24.4. The highest BCUT2D eigenvalue weighted by Gasteiger charge is 2.61. The number of thioether (sulfide) groups is 1. The van der Waals surface area contributed by atoms with Crippen LogP contribution in [-0.4, -0.2) is 40.7 Å². The summed E-state index contributed by atoms with van der Waals surface area (Å²) in [6, 6.07) is 7.36. The van der Waals surface area contributed by atoms with Gasteiger partial charge >= 0.3 is 0 Å². The molecule has 2 aliphatic heterocycles. The van der Waals surface area contributed by atoms with E-state index in [1.807, 2.05) is 6.07 Å². The molecular formula is C20H18ClF2N5O2S. The summed E-state index contributed by atoms with van der Waals surface area (Å²) in [5.41, 5.74) is 3.47. The van der Waals surface area contributed by atoms with E-state index in [2.05, 4.69) is 15.3 Å². The van der Waals surface area contributed by atoms with Crippen molar-refractivity contribution in [2.24, 2.45) is 10.7 Å². The Hall–Kier alpha value is -2.74. The Morgan fingerprint density at radius 1 is 1.39 bits per heavy atom. The van der Waals surface area contributed by atoms with Crippen LogP contribution in [0.4, 0.5) is 14.5 Å². The molecule has 4 rings (SSSR count). The lowest BCUT2D eigenvalue weighted by Gasteiger charge is -2.38. The zero-order chi connectivity index (χ0) is 21.5. The van der Waals surface area contributed by atoms with Gasteiger partial charge in [-0.2, -0.15) is 5.26 Å². The molecule has 0 aliphatic carbocycles. The largest absolute Gasteiger partial charge is 0.379 e. The Morgan fingerprint density at radius 2 is 2.16 bits per heavy atom. The predicted octanol–water partition coefficient (Wildman–Crippen LogP) is 3.07. The van der Waals surface area contributed by atoms with Crippen LogP contribution in [-0.2, 0) is 10.3 Å². The van der Waals surface area contributed by atoms with E-state index in [1.54, 1.807) is 13.0 Å². The number of nitrogens with one attached hydrogen (secondary N) is 1. The van der Waals surface area contributed by atoms with Crippen LogP contribution >= 0.6 is 24.2 Å². The molecule has 0 radical (unpaired) electrons. The first-order valence-electron chi connectivity index (χ1n) is 9.01. The lowest BCUT2D eigenvalue weighted by atomic mass is 9.79. The molecule has 1 saturated heterocycles. The van der Waals surface area contributed by atoms with E-state index in [-0.39, 0.29) is 53.5 Å². The molecule has 0 unspecified atom stereocenters. The number of fused-ring (bicyclic) bond motifs is 1. The number of aryl methyl sites for hydroxylation is 1. The summed E-state index contributed by atoms with van der Waals surface area (Å²) in [7, 11) is 0. The molecule has 2 aliphatic rings. The standard InChI is InChI=1S/C20H17F2N5O2S.ClH/c1-11-4-12(6-23)7-25-16(11)17(28)26-13-2-3-15(21)14(5-13)20-9-29-8-19(20,22)10-30-18(24)27-20;/h2-5,7H,8-10H2,1H3,(H2,24,27)(H,26,28);1H/t19-,20-;/m1./s1. The zero-order valence-corrected chi connectivity index (χ0v) is 17.9. The number of hydrogen-bond acceptors (Lipinski definition) is 7. The SMILES string of the molecule is Cc1cc(C#N)cnc1C(=O)Nc1ccc(F)c([C@]23COC[C@@]2(F)CSC(N)=N3)c1.Cl. The summed E-state index contributed by atoms with van der Waals surface area (Å²) in [5.74, 6) is -1.22. The quantitative estimate of drug-likeness (QED) is 0.720. The predicted molar refractivity (Wildman–Crippen MR) is 116 cm³/mol. The lowest BCUT2D eigenvalue weighted by molar-refractivity contribution is 0.102. The van der Waals surface area contributed by atoms with Gasteiger partial charge < -0.3 is 15.8 Å². The second kappa shape index (κ2) is 8.42. The molecule has 2 atom stereocenters. The molecule has 31 heavy (non-hydrogen) atoms. The van der Waals surface area contributed by atoms with Crippen molar-refractivity contribution in [3.8, 4) is 6.07 Å². The van der Waals surface area contributed by atoms with Crippen LogP contribution in [0.2, 0.25) is 0 Å². The number of carbonyl (C=O) groups excluding carboxylic acids is 1. The number of nitrogens with two attached hydrogens (primary N) is 1.